The lowest BCUT2D eigenvalue weighted by molar-refractivity contribution is 0.228. The van der Waals surface area contributed by atoms with Crippen LogP contribution in [0.25, 0.3) is 0 Å². The van der Waals surface area contributed by atoms with Crippen LogP contribution in [0.1, 0.15) is 36.9 Å². The van der Waals surface area contributed by atoms with E-state index in [0.717, 1.165) is 24.2 Å². The molecule has 1 aromatic rings. The van der Waals surface area contributed by atoms with Crippen LogP contribution in [-0.4, -0.2) is 37.1 Å². The number of carbonyl (C=O) groups excluding carboxylic acids is 1. The lowest BCUT2D eigenvalue weighted by Gasteiger charge is -2.24. The summed E-state index contributed by atoms with van der Waals surface area (Å²) in [6.07, 6.45) is 0. The normalized spacial score (nSPS) is 27.6. The molecule has 0 radical (unpaired) electrons. The first kappa shape index (κ1) is 14.3. The van der Waals surface area contributed by atoms with Crippen LogP contribution in [0, 0.1) is 11.7 Å². The van der Waals surface area contributed by atoms with E-state index in [1.165, 1.54) is 6.07 Å². The Morgan fingerprint density at radius 1 is 1.38 bits per heavy atom. The van der Waals surface area contributed by atoms with Gasteiger partial charge in [0.15, 0.2) is 0 Å². The molecular weight excluding hydrogens is 269 g/mol. The van der Waals surface area contributed by atoms with Crippen LogP contribution in [0.2, 0.25) is 0 Å². The molecule has 0 bridgehead atoms. The van der Waals surface area contributed by atoms with Crippen molar-refractivity contribution in [3.8, 4) is 0 Å². The van der Waals surface area contributed by atoms with E-state index in [-0.39, 0.29) is 29.7 Å². The maximum atomic E-state index is 14.3. The molecule has 0 aromatic heterocycles. The van der Waals surface area contributed by atoms with Gasteiger partial charge in [0, 0.05) is 38.0 Å². The van der Waals surface area contributed by atoms with Gasteiger partial charge in [-0.15, -0.1) is 0 Å². The molecule has 114 valence electrons. The molecule has 0 unspecified atom stereocenters. The first-order valence-electron chi connectivity index (χ1n) is 7.53. The van der Waals surface area contributed by atoms with Gasteiger partial charge >= 0.3 is 6.03 Å². The molecule has 1 aromatic carbocycles. The zero-order valence-electron chi connectivity index (χ0n) is 12.7. The minimum absolute atomic E-state index is 0.107. The summed E-state index contributed by atoms with van der Waals surface area (Å²) in [6, 6.07) is 5.32. The second-order valence-corrected chi connectivity index (χ2v) is 6.26. The number of urea groups is 1. The number of likely N-dealkylation sites (tertiary alicyclic amines) is 1. The fraction of sp³-hybridized carbons (Fsp3) is 0.562. The summed E-state index contributed by atoms with van der Waals surface area (Å²) in [5, 5.41) is 5.59. The van der Waals surface area contributed by atoms with Gasteiger partial charge in [0.25, 0.3) is 0 Å². The SMILES string of the molecule is CNC(=O)N[C@@H]1c2cccc(F)c2[C@@H]2CN(C(C)C)C[C@H]12. The molecule has 4 nitrogen and oxygen atoms in total. The van der Waals surface area contributed by atoms with E-state index < -0.39 is 0 Å². The maximum Gasteiger partial charge on any atom is 0.315 e. The van der Waals surface area contributed by atoms with E-state index in [4.69, 9.17) is 0 Å². The fourth-order valence-electron chi connectivity index (χ4n) is 3.77. The van der Waals surface area contributed by atoms with E-state index in [2.05, 4.69) is 29.4 Å². The Morgan fingerprint density at radius 3 is 2.81 bits per heavy atom. The molecular formula is C16H22FN3O. The van der Waals surface area contributed by atoms with Crippen LogP contribution in [0.5, 0.6) is 0 Å². The fourth-order valence-corrected chi connectivity index (χ4v) is 3.77. The topological polar surface area (TPSA) is 44.4 Å². The van der Waals surface area contributed by atoms with E-state index in [9.17, 15) is 9.18 Å². The monoisotopic (exact) mass is 291 g/mol. The molecule has 0 saturated carbocycles. The summed E-state index contributed by atoms with van der Waals surface area (Å²) >= 11 is 0. The standard InChI is InChI=1S/C16H22FN3O/c1-9(2)20-7-11-12(8-20)15(19-16(21)18-3)10-5-4-6-13(17)14(10)11/h4-6,9,11-12,15H,7-8H2,1-3H3,(H2,18,19,21)/t11-,12+,15-/m1/s1. The number of carbonyl (C=O) groups is 1. The summed E-state index contributed by atoms with van der Waals surface area (Å²) in [6.45, 7) is 6.07. The average molecular weight is 291 g/mol. The molecule has 0 spiro atoms. The molecule has 3 atom stereocenters. The van der Waals surface area contributed by atoms with Crippen LogP contribution in [0.3, 0.4) is 0 Å². The second kappa shape index (κ2) is 5.30. The lowest BCUT2D eigenvalue weighted by Crippen LogP contribution is -2.39. The molecule has 3 rings (SSSR count). The Morgan fingerprint density at radius 2 is 2.14 bits per heavy atom. The molecule has 21 heavy (non-hydrogen) atoms. The Hall–Kier alpha value is -1.62. The first-order chi connectivity index (χ1) is 10.0. The van der Waals surface area contributed by atoms with Crippen molar-refractivity contribution in [1.82, 2.24) is 15.5 Å². The van der Waals surface area contributed by atoms with Gasteiger partial charge in [-0.1, -0.05) is 12.1 Å². The summed E-state index contributed by atoms with van der Waals surface area (Å²) in [4.78, 5) is 14.1. The predicted octanol–water partition coefficient (Wildman–Crippen LogP) is 2.23. The summed E-state index contributed by atoms with van der Waals surface area (Å²) < 4.78 is 14.3. The molecule has 2 N–H and O–H groups in total. The summed E-state index contributed by atoms with van der Waals surface area (Å²) in [5.41, 5.74) is 1.74. The number of fused-ring (bicyclic) bond motifs is 3. The van der Waals surface area contributed by atoms with E-state index >= 15 is 0 Å². The van der Waals surface area contributed by atoms with Crippen LogP contribution in [0.15, 0.2) is 18.2 Å². The van der Waals surface area contributed by atoms with Crippen LogP contribution in [0.4, 0.5) is 9.18 Å². The van der Waals surface area contributed by atoms with Crippen LogP contribution in [-0.2, 0) is 0 Å². The van der Waals surface area contributed by atoms with Gasteiger partial charge in [-0.3, -0.25) is 4.90 Å². The Balaban J connectivity index is 1.97. The number of nitrogens with one attached hydrogen (secondary N) is 2. The van der Waals surface area contributed by atoms with Crippen molar-refractivity contribution in [2.45, 2.75) is 31.8 Å². The van der Waals surface area contributed by atoms with Gasteiger partial charge in [0.1, 0.15) is 5.82 Å². The average Bonchev–Trinajstić information content (AvgIpc) is 2.98. The number of halogens is 1. The number of nitrogens with zero attached hydrogens (tertiary/aromatic N) is 1. The highest BCUT2D eigenvalue weighted by molar-refractivity contribution is 5.74. The molecule has 1 aliphatic heterocycles. The van der Waals surface area contributed by atoms with Gasteiger partial charge in [-0.05, 0) is 31.0 Å². The number of hydrogen-bond acceptors (Lipinski definition) is 2. The molecule has 1 aliphatic carbocycles. The number of hydrogen-bond donors (Lipinski definition) is 2. The zero-order valence-corrected chi connectivity index (χ0v) is 12.7. The highest BCUT2D eigenvalue weighted by Crippen LogP contribution is 2.50. The molecule has 1 heterocycles. The van der Waals surface area contributed by atoms with Crippen LogP contribution < -0.4 is 10.6 Å². The largest absolute Gasteiger partial charge is 0.341 e. The third-order valence-electron chi connectivity index (χ3n) is 4.86. The number of rotatable bonds is 2. The highest BCUT2D eigenvalue weighted by atomic mass is 19.1. The van der Waals surface area contributed by atoms with Gasteiger partial charge in [-0.25, -0.2) is 9.18 Å². The van der Waals surface area contributed by atoms with Crippen molar-refractivity contribution < 1.29 is 9.18 Å². The van der Waals surface area contributed by atoms with E-state index in [1.807, 2.05) is 6.07 Å². The van der Waals surface area contributed by atoms with Crippen molar-refractivity contribution in [2.75, 3.05) is 20.1 Å². The van der Waals surface area contributed by atoms with E-state index in [0.29, 0.717) is 6.04 Å². The highest BCUT2D eigenvalue weighted by Gasteiger charge is 2.48. The van der Waals surface area contributed by atoms with Gasteiger partial charge in [0.2, 0.25) is 0 Å². The zero-order chi connectivity index (χ0) is 15.1. The molecule has 2 amide bonds. The number of benzene rings is 1. The summed E-state index contributed by atoms with van der Waals surface area (Å²) in [5.74, 6) is 0.275. The molecule has 1 saturated heterocycles. The van der Waals surface area contributed by atoms with Gasteiger partial charge in [0.05, 0.1) is 6.04 Å². The summed E-state index contributed by atoms with van der Waals surface area (Å²) in [7, 11) is 1.60. The van der Waals surface area contributed by atoms with E-state index in [1.54, 1.807) is 13.1 Å². The van der Waals surface area contributed by atoms with Crippen molar-refractivity contribution >= 4 is 6.03 Å². The Bertz CT molecular complexity index is 560. The quantitative estimate of drug-likeness (QED) is 0.877. The number of amides is 2. The van der Waals surface area contributed by atoms with Crippen molar-refractivity contribution in [2.24, 2.45) is 5.92 Å². The molecule has 2 aliphatic rings. The Labute approximate surface area is 124 Å². The first-order valence-corrected chi connectivity index (χ1v) is 7.53. The van der Waals surface area contributed by atoms with Crippen molar-refractivity contribution in [3.63, 3.8) is 0 Å². The molecule has 1 fully saturated rings. The van der Waals surface area contributed by atoms with Gasteiger partial charge < -0.3 is 10.6 Å². The third kappa shape index (κ3) is 2.29. The lowest BCUT2D eigenvalue weighted by atomic mass is 9.94. The minimum atomic E-state index is -0.209. The minimum Gasteiger partial charge on any atom is -0.341 e. The Kier molecular flexibility index (Phi) is 3.61. The maximum absolute atomic E-state index is 14.3. The van der Waals surface area contributed by atoms with Crippen LogP contribution >= 0.6 is 0 Å². The van der Waals surface area contributed by atoms with Crippen molar-refractivity contribution in [1.29, 1.82) is 0 Å². The smallest absolute Gasteiger partial charge is 0.315 e. The van der Waals surface area contributed by atoms with Crippen molar-refractivity contribution in [3.05, 3.63) is 35.1 Å². The predicted molar refractivity (Wildman–Crippen MR) is 79.7 cm³/mol. The second-order valence-electron chi connectivity index (χ2n) is 6.26. The molecule has 5 heteroatoms. The van der Waals surface area contributed by atoms with Gasteiger partial charge in [-0.2, -0.15) is 0 Å². The third-order valence-corrected chi connectivity index (χ3v) is 4.86.